The van der Waals surface area contributed by atoms with Gasteiger partial charge in [0.05, 0.1) is 5.02 Å². The van der Waals surface area contributed by atoms with Crippen LogP contribution < -0.4 is 0 Å². The van der Waals surface area contributed by atoms with E-state index >= 15 is 0 Å². The Labute approximate surface area is 126 Å². The molecule has 0 spiro atoms. The van der Waals surface area contributed by atoms with E-state index in [0.717, 1.165) is 4.47 Å². The molecule has 1 aromatic rings. The van der Waals surface area contributed by atoms with E-state index in [0.29, 0.717) is 25.4 Å². The molecule has 1 aromatic carbocycles. The van der Waals surface area contributed by atoms with Gasteiger partial charge >= 0.3 is 0 Å². The normalized spacial score (nSPS) is 12.1. The van der Waals surface area contributed by atoms with Crippen LogP contribution in [0.15, 0.2) is 27.6 Å². The Kier molecular flexibility index (Phi) is 6.41. The molecule has 0 heterocycles. The Bertz CT molecular complexity index is 508. The van der Waals surface area contributed by atoms with E-state index in [1.165, 1.54) is 10.4 Å². The number of rotatable bonds is 6. The molecule has 0 saturated carbocycles. The predicted molar refractivity (Wildman–Crippen MR) is 78.9 cm³/mol. The minimum absolute atomic E-state index is 0.129. The van der Waals surface area contributed by atoms with Gasteiger partial charge in [0, 0.05) is 23.4 Å². The predicted octanol–water partition coefficient (Wildman–Crippen LogP) is 3.74. The van der Waals surface area contributed by atoms with Crippen LogP contribution in [0.5, 0.6) is 0 Å². The van der Waals surface area contributed by atoms with Gasteiger partial charge in [-0.25, -0.2) is 8.42 Å². The first-order valence-corrected chi connectivity index (χ1v) is 8.59. The molecule has 102 valence electrons. The highest BCUT2D eigenvalue weighted by molar-refractivity contribution is 9.10. The van der Waals surface area contributed by atoms with Crippen molar-refractivity contribution in [2.75, 3.05) is 19.0 Å². The van der Waals surface area contributed by atoms with E-state index in [2.05, 4.69) is 15.9 Å². The number of sulfonamides is 1. The van der Waals surface area contributed by atoms with Gasteiger partial charge in [0.25, 0.3) is 0 Å². The second kappa shape index (κ2) is 7.10. The molecule has 0 aromatic heterocycles. The fourth-order valence-corrected chi connectivity index (χ4v) is 4.13. The lowest BCUT2D eigenvalue weighted by Gasteiger charge is -2.20. The second-order valence-corrected chi connectivity index (χ2v) is 7.22. The molecule has 0 atom stereocenters. The molecule has 0 N–H and O–H groups in total. The van der Waals surface area contributed by atoms with Gasteiger partial charge in [0.15, 0.2) is 0 Å². The molecule has 0 aliphatic carbocycles. The Balaban J connectivity index is 3.10. The maximum Gasteiger partial charge on any atom is 0.244 e. The van der Waals surface area contributed by atoms with Crippen molar-refractivity contribution in [1.82, 2.24) is 4.31 Å². The molecule has 0 radical (unpaired) electrons. The van der Waals surface area contributed by atoms with Crippen molar-refractivity contribution < 1.29 is 8.42 Å². The fourth-order valence-electron chi connectivity index (χ4n) is 1.51. The first-order valence-electron chi connectivity index (χ1n) is 5.44. The Morgan fingerprint density at radius 2 is 2.06 bits per heavy atom. The zero-order valence-corrected chi connectivity index (χ0v) is 13.8. The van der Waals surface area contributed by atoms with Crippen LogP contribution in [0.1, 0.15) is 13.3 Å². The van der Waals surface area contributed by atoms with Crippen molar-refractivity contribution in [3.05, 3.63) is 27.7 Å². The summed E-state index contributed by atoms with van der Waals surface area (Å²) in [7, 11) is -3.55. The van der Waals surface area contributed by atoms with Crippen LogP contribution in [0.4, 0.5) is 0 Å². The van der Waals surface area contributed by atoms with Crippen molar-refractivity contribution in [2.45, 2.75) is 18.2 Å². The molecular weight excluding hydrogens is 361 g/mol. The van der Waals surface area contributed by atoms with Crippen LogP contribution in [-0.2, 0) is 10.0 Å². The molecule has 3 nitrogen and oxygen atoms in total. The highest BCUT2D eigenvalue weighted by Gasteiger charge is 2.25. The topological polar surface area (TPSA) is 37.4 Å². The molecule has 0 bridgehead atoms. The summed E-state index contributed by atoms with van der Waals surface area (Å²) in [5, 5.41) is 0.216. The maximum atomic E-state index is 12.4. The fraction of sp³-hybridized carbons (Fsp3) is 0.455. The monoisotopic (exact) mass is 373 g/mol. The van der Waals surface area contributed by atoms with E-state index < -0.39 is 10.0 Å². The molecule has 1 rings (SSSR count). The van der Waals surface area contributed by atoms with Crippen molar-refractivity contribution in [3.63, 3.8) is 0 Å². The van der Waals surface area contributed by atoms with Crippen LogP contribution in [0, 0.1) is 0 Å². The van der Waals surface area contributed by atoms with E-state index in [4.69, 9.17) is 23.2 Å². The average molecular weight is 375 g/mol. The molecule has 0 amide bonds. The van der Waals surface area contributed by atoms with Gasteiger partial charge in [-0.05, 0) is 24.6 Å². The SMILES string of the molecule is CCN(CCCCl)S(=O)(=O)c1ccc(Br)cc1Cl. The molecule has 0 fully saturated rings. The molecule has 0 saturated heterocycles. The first-order chi connectivity index (χ1) is 8.43. The highest BCUT2D eigenvalue weighted by atomic mass is 79.9. The largest absolute Gasteiger partial charge is 0.244 e. The van der Waals surface area contributed by atoms with Crippen molar-refractivity contribution >= 4 is 49.2 Å². The molecule has 0 aliphatic rings. The first kappa shape index (κ1) is 16.2. The molecule has 18 heavy (non-hydrogen) atoms. The van der Waals surface area contributed by atoms with Crippen LogP contribution in [0.3, 0.4) is 0 Å². The third-order valence-corrected chi connectivity index (χ3v) is 5.62. The number of halogens is 3. The standard InChI is InChI=1S/C11H14BrCl2NO2S/c1-2-15(7-3-6-13)18(16,17)11-5-4-9(12)8-10(11)14/h4-5,8H,2-3,6-7H2,1H3. The van der Waals surface area contributed by atoms with Crippen LogP contribution in [0.25, 0.3) is 0 Å². The summed E-state index contributed by atoms with van der Waals surface area (Å²) in [6.45, 7) is 2.58. The lowest BCUT2D eigenvalue weighted by molar-refractivity contribution is 0.428. The quantitative estimate of drug-likeness (QED) is 0.711. The Hall–Kier alpha value is 0.190. The zero-order chi connectivity index (χ0) is 13.8. The third kappa shape index (κ3) is 3.84. The van der Waals surface area contributed by atoms with Gasteiger partial charge in [-0.15, -0.1) is 11.6 Å². The average Bonchev–Trinajstić information content (AvgIpc) is 2.29. The summed E-state index contributed by atoms with van der Waals surface area (Å²) in [6, 6.07) is 4.74. The van der Waals surface area contributed by atoms with E-state index in [9.17, 15) is 8.42 Å². The summed E-state index contributed by atoms with van der Waals surface area (Å²) in [5.41, 5.74) is 0. The lowest BCUT2D eigenvalue weighted by Crippen LogP contribution is -2.32. The highest BCUT2D eigenvalue weighted by Crippen LogP contribution is 2.27. The van der Waals surface area contributed by atoms with Crippen LogP contribution in [0.2, 0.25) is 5.02 Å². The summed E-state index contributed by atoms with van der Waals surface area (Å²) < 4.78 is 26.9. The summed E-state index contributed by atoms with van der Waals surface area (Å²) in [5.74, 6) is 0.431. The molecule has 7 heteroatoms. The summed E-state index contributed by atoms with van der Waals surface area (Å²) >= 11 is 14.8. The number of hydrogen-bond acceptors (Lipinski definition) is 2. The van der Waals surface area contributed by atoms with Gasteiger partial charge < -0.3 is 0 Å². The number of alkyl halides is 1. The Morgan fingerprint density at radius 1 is 1.39 bits per heavy atom. The number of hydrogen-bond donors (Lipinski definition) is 0. The number of nitrogens with zero attached hydrogens (tertiary/aromatic N) is 1. The molecule has 0 aliphatic heterocycles. The van der Waals surface area contributed by atoms with Gasteiger partial charge in [0.1, 0.15) is 4.90 Å². The number of benzene rings is 1. The smallest absolute Gasteiger partial charge is 0.207 e. The zero-order valence-electron chi connectivity index (χ0n) is 9.87. The molecule has 0 unspecified atom stereocenters. The van der Waals surface area contributed by atoms with Gasteiger partial charge in [-0.1, -0.05) is 34.5 Å². The van der Waals surface area contributed by atoms with Gasteiger partial charge in [0.2, 0.25) is 10.0 Å². The van der Waals surface area contributed by atoms with Crippen LogP contribution >= 0.6 is 39.1 Å². The molecular formula is C11H14BrCl2NO2S. The van der Waals surface area contributed by atoms with E-state index in [1.807, 2.05) is 0 Å². The summed E-state index contributed by atoms with van der Waals surface area (Å²) in [4.78, 5) is 0.129. The summed E-state index contributed by atoms with van der Waals surface area (Å²) in [6.07, 6.45) is 0.614. The minimum Gasteiger partial charge on any atom is -0.207 e. The van der Waals surface area contributed by atoms with Crippen LogP contribution in [-0.4, -0.2) is 31.7 Å². The van der Waals surface area contributed by atoms with Crippen molar-refractivity contribution in [1.29, 1.82) is 0 Å². The lowest BCUT2D eigenvalue weighted by atomic mass is 10.4. The van der Waals surface area contributed by atoms with Gasteiger partial charge in [-0.3, -0.25) is 0 Å². The maximum absolute atomic E-state index is 12.4. The van der Waals surface area contributed by atoms with Crippen molar-refractivity contribution in [2.24, 2.45) is 0 Å². The second-order valence-electron chi connectivity index (χ2n) is 3.61. The Morgan fingerprint density at radius 3 is 2.56 bits per heavy atom. The van der Waals surface area contributed by atoms with Gasteiger partial charge in [-0.2, -0.15) is 4.31 Å². The minimum atomic E-state index is -3.55. The van der Waals surface area contributed by atoms with Crippen molar-refractivity contribution in [3.8, 4) is 0 Å². The van der Waals surface area contributed by atoms with E-state index in [-0.39, 0.29) is 9.92 Å². The third-order valence-electron chi connectivity index (χ3n) is 2.41. The van der Waals surface area contributed by atoms with E-state index in [1.54, 1.807) is 19.1 Å².